The molecule has 16 heavy (non-hydrogen) atoms. The number of halogens is 1. The van der Waals surface area contributed by atoms with Crippen molar-refractivity contribution in [1.82, 2.24) is 4.98 Å². The van der Waals surface area contributed by atoms with Gasteiger partial charge in [0.25, 0.3) is 0 Å². The van der Waals surface area contributed by atoms with Crippen LogP contribution in [0.4, 0.5) is 5.82 Å². The number of hydrogen-bond donors (Lipinski definition) is 1. The van der Waals surface area contributed by atoms with Gasteiger partial charge in [0, 0.05) is 10.8 Å². The average Bonchev–Trinajstić information content (AvgIpc) is 2.28. The van der Waals surface area contributed by atoms with Gasteiger partial charge in [-0.2, -0.15) is 0 Å². The van der Waals surface area contributed by atoms with Crippen LogP contribution in [0.5, 0.6) is 0 Å². The number of nitrogens with zero attached hydrogens (tertiary/aromatic N) is 1. The first-order chi connectivity index (χ1) is 7.74. The van der Waals surface area contributed by atoms with Crippen molar-refractivity contribution in [2.45, 2.75) is 10.8 Å². The van der Waals surface area contributed by atoms with Crippen LogP contribution in [0.25, 0.3) is 0 Å². The molecule has 4 heteroatoms. The van der Waals surface area contributed by atoms with Gasteiger partial charge in [-0.15, -0.1) is 11.8 Å². The number of pyridine rings is 1. The Kier molecular flexibility index (Phi) is 3.70. The Morgan fingerprint density at radius 2 is 1.88 bits per heavy atom. The summed E-state index contributed by atoms with van der Waals surface area (Å²) in [6.07, 6.45) is 0. The van der Waals surface area contributed by atoms with Crippen molar-refractivity contribution in [2.75, 3.05) is 5.73 Å². The molecular formula is C12H11ClN2S. The third-order valence-corrected chi connectivity index (χ3v) is 3.30. The number of anilines is 1. The van der Waals surface area contributed by atoms with Crippen molar-refractivity contribution in [3.05, 3.63) is 53.1 Å². The van der Waals surface area contributed by atoms with Gasteiger partial charge < -0.3 is 5.73 Å². The van der Waals surface area contributed by atoms with E-state index in [-0.39, 0.29) is 0 Å². The second kappa shape index (κ2) is 5.23. The predicted molar refractivity (Wildman–Crippen MR) is 69.7 cm³/mol. The van der Waals surface area contributed by atoms with Gasteiger partial charge in [0.15, 0.2) is 0 Å². The highest BCUT2D eigenvalue weighted by Gasteiger charge is 1.98. The first-order valence-electron chi connectivity index (χ1n) is 4.84. The molecule has 2 N–H and O–H groups in total. The first-order valence-corrected chi connectivity index (χ1v) is 6.20. The monoisotopic (exact) mass is 250 g/mol. The van der Waals surface area contributed by atoms with Crippen molar-refractivity contribution in [2.24, 2.45) is 0 Å². The molecule has 0 saturated heterocycles. The van der Waals surface area contributed by atoms with E-state index < -0.39 is 0 Å². The highest BCUT2D eigenvalue weighted by molar-refractivity contribution is 7.98. The molecule has 0 amide bonds. The van der Waals surface area contributed by atoms with E-state index in [2.05, 4.69) is 4.98 Å². The van der Waals surface area contributed by atoms with E-state index in [0.717, 1.165) is 15.8 Å². The van der Waals surface area contributed by atoms with Crippen LogP contribution in [0.2, 0.25) is 5.02 Å². The number of rotatable bonds is 3. The molecule has 2 aromatic rings. The molecule has 82 valence electrons. The Labute approximate surface area is 104 Å². The lowest BCUT2D eigenvalue weighted by atomic mass is 10.2. The summed E-state index contributed by atoms with van der Waals surface area (Å²) in [5, 5.41) is 1.70. The number of nitrogen functional groups attached to an aromatic ring is 1. The van der Waals surface area contributed by atoms with Gasteiger partial charge in [0.05, 0.1) is 5.03 Å². The van der Waals surface area contributed by atoms with Crippen LogP contribution in [-0.2, 0) is 5.75 Å². The van der Waals surface area contributed by atoms with Gasteiger partial charge in [-0.1, -0.05) is 29.8 Å². The molecular weight excluding hydrogens is 240 g/mol. The van der Waals surface area contributed by atoms with Crippen LogP contribution < -0.4 is 5.73 Å². The van der Waals surface area contributed by atoms with E-state index >= 15 is 0 Å². The summed E-state index contributed by atoms with van der Waals surface area (Å²) in [7, 11) is 0. The van der Waals surface area contributed by atoms with E-state index in [1.165, 1.54) is 5.56 Å². The molecule has 0 aliphatic carbocycles. The van der Waals surface area contributed by atoms with Crippen LogP contribution in [-0.4, -0.2) is 4.98 Å². The lowest BCUT2D eigenvalue weighted by Crippen LogP contribution is -1.90. The van der Waals surface area contributed by atoms with Crippen LogP contribution in [0.3, 0.4) is 0 Å². The molecule has 0 fully saturated rings. The van der Waals surface area contributed by atoms with E-state index in [1.54, 1.807) is 17.8 Å². The van der Waals surface area contributed by atoms with Gasteiger partial charge in [-0.05, 0) is 29.8 Å². The molecule has 0 radical (unpaired) electrons. The standard InChI is InChI=1S/C12H11ClN2S/c13-10-6-4-9(5-7-10)8-16-12-3-1-2-11(14)15-12/h1-7H,8H2,(H2,14,15). The maximum atomic E-state index is 5.81. The van der Waals surface area contributed by atoms with Gasteiger partial charge in [-0.25, -0.2) is 4.98 Å². The van der Waals surface area contributed by atoms with Gasteiger partial charge >= 0.3 is 0 Å². The zero-order valence-electron chi connectivity index (χ0n) is 8.56. The van der Waals surface area contributed by atoms with Crippen LogP contribution in [0.1, 0.15) is 5.56 Å². The summed E-state index contributed by atoms with van der Waals surface area (Å²) < 4.78 is 0. The lowest BCUT2D eigenvalue weighted by molar-refractivity contribution is 1.14. The SMILES string of the molecule is Nc1cccc(SCc2ccc(Cl)cc2)n1. The molecule has 0 unspecified atom stereocenters. The minimum absolute atomic E-state index is 0.557. The minimum Gasteiger partial charge on any atom is -0.384 e. The van der Waals surface area contributed by atoms with Crippen molar-refractivity contribution in [3.8, 4) is 0 Å². The Hall–Kier alpha value is -1.19. The lowest BCUT2D eigenvalue weighted by Gasteiger charge is -2.02. The van der Waals surface area contributed by atoms with Gasteiger partial charge in [0.1, 0.15) is 5.82 Å². The highest BCUT2D eigenvalue weighted by Crippen LogP contribution is 2.22. The average molecular weight is 251 g/mol. The fourth-order valence-electron chi connectivity index (χ4n) is 1.25. The quantitative estimate of drug-likeness (QED) is 0.846. The van der Waals surface area contributed by atoms with E-state index in [9.17, 15) is 0 Å². The topological polar surface area (TPSA) is 38.9 Å². The summed E-state index contributed by atoms with van der Waals surface area (Å²) in [6, 6.07) is 13.5. The van der Waals surface area contributed by atoms with Crippen molar-refractivity contribution >= 4 is 29.2 Å². The molecule has 0 saturated carbocycles. The summed E-state index contributed by atoms with van der Waals surface area (Å²) in [5.41, 5.74) is 6.83. The zero-order chi connectivity index (χ0) is 11.4. The summed E-state index contributed by atoms with van der Waals surface area (Å²) in [6.45, 7) is 0. The second-order valence-electron chi connectivity index (χ2n) is 3.32. The maximum absolute atomic E-state index is 5.81. The molecule has 1 heterocycles. The Morgan fingerprint density at radius 1 is 1.12 bits per heavy atom. The number of nitrogens with two attached hydrogens (primary N) is 1. The molecule has 0 bridgehead atoms. The number of thioether (sulfide) groups is 1. The predicted octanol–water partition coefficient (Wildman–Crippen LogP) is 3.61. The van der Waals surface area contributed by atoms with Crippen molar-refractivity contribution in [3.63, 3.8) is 0 Å². The number of aromatic nitrogens is 1. The van der Waals surface area contributed by atoms with Crippen LogP contribution in [0.15, 0.2) is 47.5 Å². The summed E-state index contributed by atoms with van der Waals surface area (Å²) in [5.74, 6) is 1.43. The van der Waals surface area contributed by atoms with Crippen LogP contribution in [0, 0.1) is 0 Å². The van der Waals surface area contributed by atoms with E-state index in [4.69, 9.17) is 17.3 Å². The molecule has 0 aliphatic rings. The highest BCUT2D eigenvalue weighted by atomic mass is 35.5. The summed E-state index contributed by atoms with van der Waals surface area (Å²) >= 11 is 7.47. The van der Waals surface area contributed by atoms with Crippen molar-refractivity contribution in [1.29, 1.82) is 0 Å². The molecule has 0 spiro atoms. The van der Waals surface area contributed by atoms with Crippen molar-refractivity contribution < 1.29 is 0 Å². The Morgan fingerprint density at radius 3 is 2.56 bits per heavy atom. The number of hydrogen-bond acceptors (Lipinski definition) is 3. The second-order valence-corrected chi connectivity index (χ2v) is 4.75. The van der Waals surface area contributed by atoms with Gasteiger partial charge in [0.2, 0.25) is 0 Å². The van der Waals surface area contributed by atoms with Crippen LogP contribution >= 0.6 is 23.4 Å². The molecule has 0 aliphatic heterocycles. The Balaban J connectivity index is 1.99. The Bertz CT molecular complexity index is 471. The fraction of sp³-hybridized carbons (Fsp3) is 0.0833. The van der Waals surface area contributed by atoms with E-state index in [1.807, 2.05) is 36.4 Å². The number of benzene rings is 1. The molecule has 2 nitrogen and oxygen atoms in total. The molecule has 1 aromatic carbocycles. The molecule has 1 aromatic heterocycles. The fourth-order valence-corrected chi connectivity index (χ4v) is 2.23. The maximum Gasteiger partial charge on any atom is 0.124 e. The zero-order valence-corrected chi connectivity index (χ0v) is 10.1. The minimum atomic E-state index is 0.557. The van der Waals surface area contributed by atoms with E-state index in [0.29, 0.717) is 5.82 Å². The normalized spacial score (nSPS) is 10.3. The third-order valence-electron chi connectivity index (χ3n) is 2.05. The molecule has 0 atom stereocenters. The first kappa shape index (κ1) is 11.3. The molecule has 2 rings (SSSR count). The summed E-state index contributed by atoms with van der Waals surface area (Å²) in [4.78, 5) is 4.22. The third kappa shape index (κ3) is 3.15. The smallest absolute Gasteiger partial charge is 0.124 e. The largest absolute Gasteiger partial charge is 0.384 e. The van der Waals surface area contributed by atoms with Gasteiger partial charge in [-0.3, -0.25) is 0 Å².